The second kappa shape index (κ2) is 7.20. The molecule has 0 aliphatic heterocycles. The average molecular weight is 373 g/mol. The molecular formula is C18H17ClN4O3. The van der Waals surface area contributed by atoms with Gasteiger partial charge in [0.25, 0.3) is 0 Å². The Morgan fingerprint density at radius 2 is 2.19 bits per heavy atom. The van der Waals surface area contributed by atoms with Gasteiger partial charge in [0.1, 0.15) is 11.8 Å². The quantitative estimate of drug-likeness (QED) is 0.742. The summed E-state index contributed by atoms with van der Waals surface area (Å²) >= 11 is 6.17. The number of rotatable bonds is 5. The molecule has 1 atom stereocenters. The van der Waals surface area contributed by atoms with E-state index in [4.69, 9.17) is 21.6 Å². The van der Waals surface area contributed by atoms with Crippen LogP contribution in [0.15, 0.2) is 35.3 Å². The van der Waals surface area contributed by atoms with E-state index in [1.807, 2.05) is 12.1 Å². The number of pyridine rings is 1. The van der Waals surface area contributed by atoms with Gasteiger partial charge in [-0.25, -0.2) is 9.78 Å². The number of imidazole rings is 1. The lowest BCUT2D eigenvalue weighted by Gasteiger charge is -2.09. The molecular weight excluding hydrogens is 356 g/mol. The van der Waals surface area contributed by atoms with Crippen molar-refractivity contribution in [2.75, 3.05) is 13.7 Å². The molecule has 2 heterocycles. The molecule has 134 valence electrons. The van der Waals surface area contributed by atoms with Crippen LogP contribution in [0.2, 0.25) is 5.02 Å². The Hall–Kier alpha value is -2.82. The van der Waals surface area contributed by atoms with Gasteiger partial charge in [0, 0.05) is 6.20 Å². The Bertz CT molecular complexity index is 1060. The predicted molar refractivity (Wildman–Crippen MR) is 97.6 cm³/mol. The summed E-state index contributed by atoms with van der Waals surface area (Å²) in [5, 5.41) is 19.1. The van der Waals surface area contributed by atoms with Gasteiger partial charge in [0.2, 0.25) is 0 Å². The third-order valence-electron chi connectivity index (χ3n) is 4.19. The van der Waals surface area contributed by atoms with Gasteiger partial charge < -0.3 is 9.84 Å². The summed E-state index contributed by atoms with van der Waals surface area (Å²) in [7, 11) is 1.53. The number of hydrogen-bond acceptors (Lipinski definition) is 5. The first-order valence-electron chi connectivity index (χ1n) is 7.94. The molecule has 0 spiro atoms. The minimum atomic E-state index is -0.439. The second-order valence-electron chi connectivity index (χ2n) is 5.92. The minimum absolute atomic E-state index is 0.199. The number of ether oxygens (including phenoxy) is 1. The van der Waals surface area contributed by atoms with E-state index < -0.39 is 6.04 Å². The summed E-state index contributed by atoms with van der Waals surface area (Å²) in [6.07, 6.45) is 1.41. The molecule has 0 radical (unpaired) electrons. The van der Waals surface area contributed by atoms with Gasteiger partial charge in [-0.15, -0.1) is 0 Å². The molecule has 1 aromatic carbocycles. The van der Waals surface area contributed by atoms with E-state index in [0.29, 0.717) is 27.5 Å². The van der Waals surface area contributed by atoms with E-state index in [0.717, 1.165) is 5.56 Å². The third-order valence-corrected chi connectivity index (χ3v) is 4.49. The van der Waals surface area contributed by atoms with E-state index in [9.17, 15) is 9.90 Å². The number of aliphatic hydroxyl groups is 1. The first kappa shape index (κ1) is 18.0. The number of halogens is 1. The lowest BCUT2D eigenvalue weighted by Crippen LogP contribution is -2.28. The Balaban J connectivity index is 2.18. The van der Waals surface area contributed by atoms with Gasteiger partial charge in [-0.2, -0.15) is 5.26 Å². The molecule has 0 unspecified atom stereocenters. The van der Waals surface area contributed by atoms with Crippen LogP contribution in [0.5, 0.6) is 5.75 Å². The maximum atomic E-state index is 12.9. The fourth-order valence-corrected chi connectivity index (χ4v) is 3.12. The zero-order valence-electron chi connectivity index (χ0n) is 14.3. The van der Waals surface area contributed by atoms with Crippen molar-refractivity contribution in [3.8, 4) is 11.8 Å². The van der Waals surface area contributed by atoms with Gasteiger partial charge in [-0.3, -0.25) is 9.13 Å². The number of fused-ring (bicyclic) bond motifs is 1. The summed E-state index contributed by atoms with van der Waals surface area (Å²) < 4.78 is 8.10. The number of nitrogens with zero attached hydrogens (tertiary/aromatic N) is 4. The summed E-state index contributed by atoms with van der Waals surface area (Å²) in [6, 6.07) is 8.49. The van der Waals surface area contributed by atoms with Gasteiger partial charge in [0.05, 0.1) is 42.4 Å². The van der Waals surface area contributed by atoms with E-state index in [1.165, 1.54) is 22.4 Å². The molecule has 8 heteroatoms. The fraction of sp³-hybridized carbons (Fsp3) is 0.278. The second-order valence-corrected chi connectivity index (χ2v) is 6.32. The first-order chi connectivity index (χ1) is 12.5. The maximum Gasteiger partial charge on any atom is 0.330 e. The van der Waals surface area contributed by atoms with Crippen LogP contribution in [0.3, 0.4) is 0 Å². The topological polar surface area (TPSA) is 93.1 Å². The zero-order valence-corrected chi connectivity index (χ0v) is 15.1. The van der Waals surface area contributed by atoms with Crippen molar-refractivity contribution in [3.63, 3.8) is 0 Å². The molecule has 0 saturated carbocycles. The molecule has 3 rings (SSSR count). The summed E-state index contributed by atoms with van der Waals surface area (Å²) in [4.78, 5) is 17.2. The van der Waals surface area contributed by atoms with Gasteiger partial charge in [-0.05, 0) is 30.7 Å². The number of aliphatic hydroxyl groups excluding tert-OH is 1. The SMILES string of the molecule is COc1ccc(Cn2c(=O)n([C@H](C)CO)c3ncc(C#N)cc32)cc1Cl. The molecule has 0 saturated heterocycles. The lowest BCUT2D eigenvalue weighted by atomic mass is 10.2. The highest BCUT2D eigenvalue weighted by Gasteiger charge is 2.19. The van der Waals surface area contributed by atoms with Crippen molar-refractivity contribution in [3.05, 3.63) is 57.1 Å². The van der Waals surface area contributed by atoms with Crippen LogP contribution in [0.25, 0.3) is 11.2 Å². The summed E-state index contributed by atoms with van der Waals surface area (Å²) in [6.45, 7) is 1.78. The van der Waals surface area contributed by atoms with Crippen molar-refractivity contribution in [2.24, 2.45) is 0 Å². The highest BCUT2D eigenvalue weighted by Crippen LogP contribution is 2.26. The molecule has 0 aliphatic rings. The van der Waals surface area contributed by atoms with Crippen molar-refractivity contribution in [2.45, 2.75) is 19.5 Å². The molecule has 0 fully saturated rings. The average Bonchev–Trinajstić information content (AvgIpc) is 2.92. The summed E-state index contributed by atoms with van der Waals surface area (Å²) in [5.74, 6) is 0.549. The van der Waals surface area contributed by atoms with Crippen LogP contribution >= 0.6 is 11.6 Å². The Morgan fingerprint density at radius 1 is 1.42 bits per heavy atom. The van der Waals surface area contributed by atoms with Crippen molar-refractivity contribution >= 4 is 22.8 Å². The Kier molecular flexibility index (Phi) is 4.98. The predicted octanol–water partition coefficient (Wildman–Crippen LogP) is 2.33. The van der Waals surface area contributed by atoms with Gasteiger partial charge in [-0.1, -0.05) is 17.7 Å². The van der Waals surface area contributed by atoms with Crippen molar-refractivity contribution in [1.82, 2.24) is 14.1 Å². The standard InChI is InChI=1S/C18H17ClN4O3/c1-11(10-24)23-17-15(6-13(7-20)8-21-17)22(18(23)25)9-12-3-4-16(26-2)14(19)5-12/h3-6,8,11,24H,9-10H2,1-2H3/t11-/m1/s1. The number of nitriles is 1. The molecule has 7 nitrogen and oxygen atoms in total. The first-order valence-corrected chi connectivity index (χ1v) is 8.32. The van der Waals surface area contributed by atoms with E-state index in [-0.39, 0.29) is 18.8 Å². The summed E-state index contributed by atoms with van der Waals surface area (Å²) in [5.41, 5.74) is 1.80. The van der Waals surface area contributed by atoms with Gasteiger partial charge in [0.15, 0.2) is 5.65 Å². The van der Waals surface area contributed by atoms with Crippen molar-refractivity contribution in [1.29, 1.82) is 5.26 Å². The third kappa shape index (κ3) is 3.05. The largest absolute Gasteiger partial charge is 0.495 e. The fourth-order valence-electron chi connectivity index (χ4n) is 2.84. The molecule has 3 aromatic rings. The zero-order chi connectivity index (χ0) is 18.8. The molecule has 0 bridgehead atoms. The van der Waals surface area contributed by atoms with Crippen molar-refractivity contribution < 1.29 is 9.84 Å². The van der Waals surface area contributed by atoms with Crippen LogP contribution < -0.4 is 10.4 Å². The Morgan fingerprint density at radius 3 is 2.81 bits per heavy atom. The smallest absolute Gasteiger partial charge is 0.330 e. The molecule has 0 amide bonds. The Labute approximate surface area is 154 Å². The molecule has 2 aromatic heterocycles. The normalized spacial score (nSPS) is 12.1. The van der Waals surface area contributed by atoms with E-state index >= 15 is 0 Å². The number of methoxy groups -OCH3 is 1. The van der Waals surface area contributed by atoms with Crippen LogP contribution in [-0.2, 0) is 6.54 Å². The number of hydrogen-bond donors (Lipinski definition) is 1. The molecule has 0 aliphatic carbocycles. The van der Waals surface area contributed by atoms with E-state index in [2.05, 4.69) is 4.98 Å². The van der Waals surface area contributed by atoms with Crippen LogP contribution in [0.1, 0.15) is 24.1 Å². The minimum Gasteiger partial charge on any atom is -0.495 e. The molecule has 1 N–H and O–H groups in total. The van der Waals surface area contributed by atoms with Crippen LogP contribution in [0, 0.1) is 11.3 Å². The van der Waals surface area contributed by atoms with Gasteiger partial charge >= 0.3 is 5.69 Å². The van der Waals surface area contributed by atoms with Crippen LogP contribution in [-0.4, -0.2) is 32.9 Å². The lowest BCUT2D eigenvalue weighted by molar-refractivity contribution is 0.238. The molecule has 26 heavy (non-hydrogen) atoms. The number of benzene rings is 1. The monoisotopic (exact) mass is 372 g/mol. The van der Waals surface area contributed by atoms with E-state index in [1.54, 1.807) is 25.1 Å². The van der Waals surface area contributed by atoms with Crippen LogP contribution in [0.4, 0.5) is 0 Å². The highest BCUT2D eigenvalue weighted by atomic mass is 35.5. The number of aromatic nitrogens is 3. The maximum absolute atomic E-state index is 12.9. The highest BCUT2D eigenvalue weighted by molar-refractivity contribution is 6.32.